The van der Waals surface area contributed by atoms with E-state index in [9.17, 15) is 0 Å². The topological polar surface area (TPSA) is 57.4 Å². The van der Waals surface area contributed by atoms with Gasteiger partial charge in [-0.3, -0.25) is 0 Å². The van der Waals surface area contributed by atoms with Crippen LogP contribution in [-0.4, -0.2) is 11.8 Å². The van der Waals surface area contributed by atoms with Crippen LogP contribution >= 0.6 is 11.3 Å². The molecule has 1 aromatic carbocycles. The Morgan fingerprint density at radius 1 is 1.33 bits per heavy atom. The molecule has 0 aliphatic carbocycles. The van der Waals surface area contributed by atoms with Crippen LogP contribution in [0.1, 0.15) is 23.5 Å². The fraction of sp³-hybridized carbons (Fsp3) is 0.308. The van der Waals surface area contributed by atoms with E-state index in [4.69, 9.17) is 15.2 Å². The number of thiazole rings is 1. The van der Waals surface area contributed by atoms with Crippen LogP contribution in [0, 0.1) is 6.92 Å². The van der Waals surface area contributed by atoms with Gasteiger partial charge >= 0.3 is 0 Å². The summed E-state index contributed by atoms with van der Waals surface area (Å²) in [4.78, 5) is 4.56. The number of fused-ring (bicyclic) bond motifs is 1. The highest BCUT2D eigenvalue weighted by Crippen LogP contribution is 2.38. The predicted molar refractivity (Wildman–Crippen MR) is 71.0 cm³/mol. The summed E-state index contributed by atoms with van der Waals surface area (Å²) < 4.78 is 10.8. The first-order valence-electron chi connectivity index (χ1n) is 5.77. The Balaban J connectivity index is 2.05. The SMILES string of the molecule is Cc1cc2c(cc1-c1csc(C(C)N)n1)OCO2. The monoisotopic (exact) mass is 262 g/mol. The number of rotatable bonds is 2. The van der Waals surface area contributed by atoms with Crippen LogP contribution in [-0.2, 0) is 0 Å². The molecule has 3 rings (SSSR count). The third-order valence-corrected chi connectivity index (χ3v) is 3.95. The normalized spacial score (nSPS) is 14.8. The molecular weight excluding hydrogens is 248 g/mol. The van der Waals surface area contributed by atoms with Gasteiger partial charge in [0.2, 0.25) is 6.79 Å². The molecule has 1 atom stereocenters. The average molecular weight is 262 g/mol. The minimum absolute atomic E-state index is 0.0296. The van der Waals surface area contributed by atoms with E-state index in [0.717, 1.165) is 33.3 Å². The van der Waals surface area contributed by atoms with E-state index in [1.807, 2.05) is 31.4 Å². The van der Waals surface area contributed by atoms with Crippen molar-refractivity contribution in [3.8, 4) is 22.8 Å². The third kappa shape index (κ3) is 1.85. The largest absolute Gasteiger partial charge is 0.454 e. The summed E-state index contributed by atoms with van der Waals surface area (Å²) >= 11 is 1.59. The van der Waals surface area contributed by atoms with Gasteiger partial charge in [0.15, 0.2) is 11.5 Å². The van der Waals surface area contributed by atoms with Gasteiger partial charge in [0.1, 0.15) is 5.01 Å². The van der Waals surface area contributed by atoms with E-state index in [2.05, 4.69) is 4.98 Å². The van der Waals surface area contributed by atoms with E-state index in [-0.39, 0.29) is 6.04 Å². The van der Waals surface area contributed by atoms with Gasteiger partial charge in [0.25, 0.3) is 0 Å². The molecule has 4 nitrogen and oxygen atoms in total. The Kier molecular flexibility index (Phi) is 2.72. The van der Waals surface area contributed by atoms with Crippen molar-refractivity contribution in [1.82, 2.24) is 4.98 Å². The maximum atomic E-state index is 5.84. The van der Waals surface area contributed by atoms with Gasteiger partial charge in [-0.2, -0.15) is 0 Å². The van der Waals surface area contributed by atoms with Crippen LogP contribution in [0.15, 0.2) is 17.5 Å². The number of nitrogens with two attached hydrogens (primary N) is 1. The van der Waals surface area contributed by atoms with E-state index in [1.165, 1.54) is 0 Å². The van der Waals surface area contributed by atoms with E-state index in [1.54, 1.807) is 11.3 Å². The number of hydrogen-bond donors (Lipinski definition) is 1. The van der Waals surface area contributed by atoms with Crippen molar-refractivity contribution < 1.29 is 9.47 Å². The number of hydrogen-bond acceptors (Lipinski definition) is 5. The maximum absolute atomic E-state index is 5.84. The van der Waals surface area contributed by atoms with Gasteiger partial charge in [-0.15, -0.1) is 11.3 Å². The number of ether oxygens (including phenoxy) is 2. The number of nitrogens with zero attached hydrogens (tertiary/aromatic N) is 1. The first-order valence-corrected chi connectivity index (χ1v) is 6.65. The van der Waals surface area contributed by atoms with Gasteiger partial charge in [-0.25, -0.2) is 4.98 Å². The molecule has 1 aromatic heterocycles. The van der Waals surface area contributed by atoms with Crippen LogP contribution in [0.5, 0.6) is 11.5 Å². The summed E-state index contributed by atoms with van der Waals surface area (Å²) in [5, 5.41) is 2.98. The molecule has 0 spiro atoms. The van der Waals surface area contributed by atoms with Crippen molar-refractivity contribution in [3.63, 3.8) is 0 Å². The number of aryl methyl sites for hydroxylation is 1. The smallest absolute Gasteiger partial charge is 0.231 e. The second-order valence-corrected chi connectivity index (χ2v) is 5.27. The molecule has 0 radical (unpaired) electrons. The van der Waals surface area contributed by atoms with Crippen LogP contribution in [0.25, 0.3) is 11.3 Å². The molecule has 0 fully saturated rings. The minimum atomic E-state index is -0.0296. The standard InChI is InChI=1S/C13H14N2O2S/c1-7-3-11-12(17-6-16-11)4-9(7)10-5-18-13(15-10)8(2)14/h3-5,8H,6,14H2,1-2H3. The molecule has 1 aliphatic rings. The van der Waals surface area contributed by atoms with Gasteiger partial charge in [-0.1, -0.05) is 0 Å². The highest BCUT2D eigenvalue weighted by molar-refractivity contribution is 7.10. The molecule has 0 saturated heterocycles. The Hall–Kier alpha value is -1.59. The highest BCUT2D eigenvalue weighted by Gasteiger charge is 2.18. The maximum Gasteiger partial charge on any atom is 0.231 e. The molecule has 5 heteroatoms. The zero-order valence-electron chi connectivity index (χ0n) is 10.3. The minimum Gasteiger partial charge on any atom is -0.454 e. The van der Waals surface area contributed by atoms with Crippen LogP contribution < -0.4 is 15.2 Å². The van der Waals surface area contributed by atoms with Gasteiger partial charge < -0.3 is 15.2 Å². The molecule has 2 N–H and O–H groups in total. The summed E-state index contributed by atoms with van der Waals surface area (Å²) in [7, 11) is 0. The Morgan fingerprint density at radius 3 is 2.72 bits per heavy atom. The van der Waals surface area contributed by atoms with Crippen molar-refractivity contribution >= 4 is 11.3 Å². The molecule has 18 heavy (non-hydrogen) atoms. The van der Waals surface area contributed by atoms with Crippen molar-refractivity contribution in [2.75, 3.05) is 6.79 Å². The lowest BCUT2D eigenvalue weighted by atomic mass is 10.1. The molecule has 2 aromatic rings. The molecule has 0 amide bonds. The predicted octanol–water partition coefficient (Wildman–Crippen LogP) is 2.87. The quantitative estimate of drug-likeness (QED) is 0.904. The Labute approximate surface area is 109 Å². The lowest BCUT2D eigenvalue weighted by Crippen LogP contribution is -2.03. The van der Waals surface area contributed by atoms with Gasteiger partial charge in [0, 0.05) is 10.9 Å². The number of benzene rings is 1. The summed E-state index contributed by atoms with van der Waals surface area (Å²) in [6.07, 6.45) is 0. The fourth-order valence-electron chi connectivity index (χ4n) is 1.94. The highest BCUT2D eigenvalue weighted by atomic mass is 32.1. The summed E-state index contributed by atoms with van der Waals surface area (Å²) in [6, 6.07) is 3.94. The average Bonchev–Trinajstić information content (AvgIpc) is 2.94. The van der Waals surface area contributed by atoms with Crippen molar-refractivity contribution in [1.29, 1.82) is 0 Å². The summed E-state index contributed by atoms with van der Waals surface area (Å²) in [5.41, 5.74) is 8.98. The van der Waals surface area contributed by atoms with Crippen molar-refractivity contribution in [3.05, 3.63) is 28.1 Å². The van der Waals surface area contributed by atoms with E-state index in [0.29, 0.717) is 6.79 Å². The first kappa shape index (κ1) is 11.5. The summed E-state index contributed by atoms with van der Waals surface area (Å²) in [6.45, 7) is 4.28. The zero-order chi connectivity index (χ0) is 12.7. The van der Waals surface area contributed by atoms with Gasteiger partial charge in [0.05, 0.1) is 11.7 Å². The fourth-order valence-corrected chi connectivity index (χ4v) is 2.72. The molecular formula is C13H14N2O2S. The second-order valence-electron chi connectivity index (χ2n) is 4.38. The molecule has 94 valence electrons. The molecule has 0 saturated carbocycles. The second kappa shape index (κ2) is 4.26. The molecule has 2 heterocycles. The van der Waals surface area contributed by atoms with Crippen molar-refractivity contribution in [2.24, 2.45) is 5.73 Å². The Morgan fingerprint density at radius 2 is 2.06 bits per heavy atom. The lowest BCUT2D eigenvalue weighted by molar-refractivity contribution is 0.174. The van der Waals surface area contributed by atoms with E-state index < -0.39 is 0 Å². The number of aromatic nitrogens is 1. The zero-order valence-corrected chi connectivity index (χ0v) is 11.1. The van der Waals surface area contributed by atoms with Crippen LogP contribution in [0.4, 0.5) is 0 Å². The summed E-state index contributed by atoms with van der Waals surface area (Å²) in [5.74, 6) is 1.59. The molecule has 1 aliphatic heterocycles. The molecule has 1 unspecified atom stereocenters. The van der Waals surface area contributed by atoms with Crippen LogP contribution in [0.2, 0.25) is 0 Å². The Bertz CT molecular complexity index is 593. The molecule has 0 bridgehead atoms. The lowest BCUT2D eigenvalue weighted by Gasteiger charge is -2.05. The van der Waals surface area contributed by atoms with Crippen LogP contribution in [0.3, 0.4) is 0 Å². The third-order valence-electron chi connectivity index (χ3n) is 2.91. The first-order chi connectivity index (χ1) is 8.65. The van der Waals surface area contributed by atoms with Gasteiger partial charge in [-0.05, 0) is 31.5 Å². The van der Waals surface area contributed by atoms with Crippen molar-refractivity contribution in [2.45, 2.75) is 19.9 Å². The van der Waals surface area contributed by atoms with E-state index >= 15 is 0 Å².